The highest BCUT2D eigenvalue weighted by Crippen LogP contribution is 2.00. The molecule has 0 bridgehead atoms. The van der Waals surface area contributed by atoms with E-state index in [9.17, 15) is 0 Å². The Labute approximate surface area is 62.2 Å². The summed E-state index contributed by atoms with van der Waals surface area (Å²) in [6.07, 6.45) is 3.22. The fourth-order valence-electron chi connectivity index (χ4n) is 0.810. The van der Waals surface area contributed by atoms with Crippen LogP contribution in [0.1, 0.15) is 19.4 Å². The second-order valence-corrected chi connectivity index (χ2v) is 2.49. The van der Waals surface area contributed by atoms with Crippen molar-refractivity contribution in [1.82, 2.24) is 0 Å². The highest BCUT2D eigenvalue weighted by molar-refractivity contribution is 5.23. The van der Waals surface area contributed by atoms with Crippen molar-refractivity contribution in [3.63, 3.8) is 0 Å². The van der Waals surface area contributed by atoms with E-state index in [2.05, 4.69) is 6.08 Å². The predicted molar refractivity (Wildman–Crippen MR) is 43.6 cm³/mol. The SMILES string of the molecule is CC(C)=[C]c1ccccc1. The van der Waals surface area contributed by atoms with E-state index >= 15 is 0 Å². The van der Waals surface area contributed by atoms with Crippen LogP contribution in [0.5, 0.6) is 0 Å². The summed E-state index contributed by atoms with van der Waals surface area (Å²) in [5, 5.41) is 0. The topological polar surface area (TPSA) is 0 Å². The lowest BCUT2D eigenvalue weighted by molar-refractivity contribution is 1.34. The molecule has 0 aliphatic rings. The number of hydrogen-bond donors (Lipinski definition) is 0. The van der Waals surface area contributed by atoms with Crippen molar-refractivity contribution in [2.24, 2.45) is 0 Å². The molecule has 0 aromatic heterocycles. The van der Waals surface area contributed by atoms with Crippen molar-refractivity contribution in [1.29, 1.82) is 0 Å². The molecule has 0 heterocycles. The molecule has 0 nitrogen and oxygen atoms in total. The normalized spacial score (nSPS) is 9.00. The molecule has 0 atom stereocenters. The van der Waals surface area contributed by atoms with E-state index in [1.54, 1.807) is 0 Å². The van der Waals surface area contributed by atoms with E-state index in [0.717, 1.165) is 5.56 Å². The van der Waals surface area contributed by atoms with E-state index in [-0.39, 0.29) is 0 Å². The summed E-state index contributed by atoms with van der Waals surface area (Å²) in [7, 11) is 0. The Bertz CT molecular complexity index is 215. The zero-order chi connectivity index (χ0) is 7.40. The zero-order valence-electron chi connectivity index (χ0n) is 6.39. The minimum atomic E-state index is 1.16. The molecule has 0 aliphatic heterocycles. The maximum atomic E-state index is 3.22. The van der Waals surface area contributed by atoms with Crippen molar-refractivity contribution < 1.29 is 0 Å². The Morgan fingerprint density at radius 1 is 1.10 bits per heavy atom. The standard InChI is InChI=1S/C10H11/c1-9(2)8-10-6-4-3-5-7-10/h3-7H,1-2H3. The summed E-state index contributed by atoms with van der Waals surface area (Å²) in [5.74, 6) is 0. The Kier molecular flexibility index (Phi) is 2.27. The van der Waals surface area contributed by atoms with Gasteiger partial charge in [0.05, 0.1) is 0 Å². The minimum Gasteiger partial charge on any atom is -0.0680 e. The van der Waals surface area contributed by atoms with Gasteiger partial charge >= 0.3 is 0 Å². The van der Waals surface area contributed by atoms with Gasteiger partial charge in [0, 0.05) is 0 Å². The van der Waals surface area contributed by atoms with Gasteiger partial charge in [-0.3, -0.25) is 0 Å². The molecule has 0 spiro atoms. The summed E-state index contributed by atoms with van der Waals surface area (Å²) in [6, 6.07) is 10.1. The second kappa shape index (κ2) is 3.21. The van der Waals surface area contributed by atoms with Crippen molar-refractivity contribution in [2.75, 3.05) is 0 Å². The lowest BCUT2D eigenvalue weighted by Gasteiger charge is -1.90. The monoisotopic (exact) mass is 131 g/mol. The van der Waals surface area contributed by atoms with E-state index in [0.29, 0.717) is 0 Å². The Morgan fingerprint density at radius 2 is 1.70 bits per heavy atom. The zero-order valence-corrected chi connectivity index (χ0v) is 6.39. The maximum absolute atomic E-state index is 3.22. The summed E-state index contributed by atoms with van der Waals surface area (Å²) < 4.78 is 0. The molecule has 0 unspecified atom stereocenters. The van der Waals surface area contributed by atoms with Gasteiger partial charge in [0.25, 0.3) is 0 Å². The molecule has 0 saturated carbocycles. The summed E-state index contributed by atoms with van der Waals surface area (Å²) in [6.45, 7) is 4.10. The molecule has 0 heteroatoms. The third kappa shape index (κ3) is 2.06. The van der Waals surface area contributed by atoms with Gasteiger partial charge in [0.2, 0.25) is 0 Å². The van der Waals surface area contributed by atoms with Crippen LogP contribution in [0.25, 0.3) is 0 Å². The number of allylic oxidation sites excluding steroid dienone is 1. The second-order valence-electron chi connectivity index (χ2n) is 2.49. The van der Waals surface area contributed by atoms with Crippen LogP contribution in [0.15, 0.2) is 35.9 Å². The van der Waals surface area contributed by atoms with Crippen LogP contribution in [-0.2, 0) is 0 Å². The van der Waals surface area contributed by atoms with E-state index in [1.165, 1.54) is 5.57 Å². The van der Waals surface area contributed by atoms with Crippen LogP contribution in [0, 0.1) is 6.08 Å². The van der Waals surface area contributed by atoms with Crippen molar-refractivity contribution in [2.45, 2.75) is 13.8 Å². The molecule has 0 amide bonds. The average Bonchev–Trinajstić information content (AvgIpc) is 1.88. The Morgan fingerprint density at radius 3 is 2.20 bits per heavy atom. The molecule has 10 heavy (non-hydrogen) atoms. The molecule has 0 N–H and O–H groups in total. The van der Waals surface area contributed by atoms with E-state index in [4.69, 9.17) is 0 Å². The van der Waals surface area contributed by atoms with E-state index in [1.807, 2.05) is 44.2 Å². The molecule has 1 aromatic carbocycles. The van der Waals surface area contributed by atoms with Crippen LogP contribution >= 0.6 is 0 Å². The molecule has 0 fully saturated rings. The largest absolute Gasteiger partial charge is 0.0680 e. The van der Waals surface area contributed by atoms with Crippen LogP contribution in [-0.4, -0.2) is 0 Å². The Hall–Kier alpha value is -1.04. The predicted octanol–water partition coefficient (Wildman–Crippen LogP) is 2.80. The van der Waals surface area contributed by atoms with Crippen LogP contribution in [0.4, 0.5) is 0 Å². The van der Waals surface area contributed by atoms with Crippen LogP contribution < -0.4 is 0 Å². The van der Waals surface area contributed by atoms with Gasteiger partial charge in [0.1, 0.15) is 0 Å². The molecule has 0 aliphatic carbocycles. The molecule has 1 rings (SSSR count). The van der Waals surface area contributed by atoms with E-state index < -0.39 is 0 Å². The van der Waals surface area contributed by atoms with Gasteiger partial charge in [-0.1, -0.05) is 35.9 Å². The number of rotatable bonds is 1. The molecule has 1 aromatic rings. The minimum absolute atomic E-state index is 1.16. The van der Waals surface area contributed by atoms with Crippen LogP contribution in [0.3, 0.4) is 0 Å². The fraction of sp³-hybridized carbons (Fsp3) is 0.200. The molecule has 51 valence electrons. The third-order valence-electron chi connectivity index (χ3n) is 1.17. The highest BCUT2D eigenvalue weighted by atomic mass is 13.9. The molecular formula is C10H11. The molecule has 0 saturated heterocycles. The van der Waals surface area contributed by atoms with Gasteiger partial charge in [-0.2, -0.15) is 0 Å². The quantitative estimate of drug-likeness (QED) is 0.549. The average molecular weight is 131 g/mol. The first-order chi connectivity index (χ1) is 4.79. The first kappa shape index (κ1) is 7.07. The first-order valence-electron chi connectivity index (χ1n) is 3.41. The van der Waals surface area contributed by atoms with Gasteiger partial charge < -0.3 is 0 Å². The lowest BCUT2D eigenvalue weighted by Crippen LogP contribution is -1.72. The van der Waals surface area contributed by atoms with Gasteiger partial charge in [-0.05, 0) is 25.5 Å². The highest BCUT2D eigenvalue weighted by Gasteiger charge is 1.83. The molecule has 1 radical (unpaired) electrons. The number of benzene rings is 1. The van der Waals surface area contributed by atoms with Crippen molar-refractivity contribution in [3.05, 3.63) is 47.5 Å². The third-order valence-corrected chi connectivity index (χ3v) is 1.17. The maximum Gasteiger partial charge on any atom is -0.0120 e. The summed E-state index contributed by atoms with van der Waals surface area (Å²) in [5.41, 5.74) is 2.37. The smallest absolute Gasteiger partial charge is 0.0120 e. The Balaban J connectivity index is 2.87. The van der Waals surface area contributed by atoms with Crippen molar-refractivity contribution in [3.8, 4) is 0 Å². The summed E-state index contributed by atoms with van der Waals surface area (Å²) >= 11 is 0. The molecular weight excluding hydrogens is 120 g/mol. The van der Waals surface area contributed by atoms with Gasteiger partial charge in [-0.15, -0.1) is 0 Å². The van der Waals surface area contributed by atoms with Gasteiger partial charge in [0.15, 0.2) is 0 Å². The van der Waals surface area contributed by atoms with Crippen molar-refractivity contribution >= 4 is 0 Å². The van der Waals surface area contributed by atoms with Crippen LogP contribution in [0.2, 0.25) is 0 Å². The van der Waals surface area contributed by atoms with Gasteiger partial charge in [-0.25, -0.2) is 0 Å². The summed E-state index contributed by atoms with van der Waals surface area (Å²) in [4.78, 5) is 0. The fourth-order valence-corrected chi connectivity index (χ4v) is 0.810. The number of hydrogen-bond acceptors (Lipinski definition) is 0. The first-order valence-corrected chi connectivity index (χ1v) is 3.41. The lowest BCUT2D eigenvalue weighted by atomic mass is 10.2.